The van der Waals surface area contributed by atoms with Crippen LogP contribution in [0.15, 0.2) is 78.1 Å². The number of amides is 2. The van der Waals surface area contributed by atoms with Crippen LogP contribution in [0.3, 0.4) is 0 Å². The van der Waals surface area contributed by atoms with Crippen LogP contribution in [-0.4, -0.2) is 50.2 Å². The molecule has 1 heterocycles. The van der Waals surface area contributed by atoms with Gasteiger partial charge in [-0.15, -0.1) is 0 Å². The number of carbonyl (C=O) groups excluding carboxylic acids is 3. The highest BCUT2D eigenvalue weighted by Crippen LogP contribution is 2.53. The Kier molecular flexibility index (Phi) is 12.8. The number of likely N-dealkylation sites (tertiary alicyclic amines) is 1. The second kappa shape index (κ2) is 16.0. The van der Waals surface area contributed by atoms with Gasteiger partial charge in [-0.25, -0.2) is 4.39 Å². The molecule has 1 aliphatic heterocycles. The monoisotopic (exact) mass is 642 g/mol. The molecule has 0 spiro atoms. The molecule has 1 unspecified atom stereocenters. The highest BCUT2D eigenvalue weighted by Gasteiger charge is 2.55. The lowest BCUT2D eigenvalue weighted by atomic mass is 9.74. The zero-order valence-electron chi connectivity index (χ0n) is 25.5. The van der Waals surface area contributed by atoms with Crippen molar-refractivity contribution in [3.8, 4) is 0 Å². The molecule has 2 fully saturated rings. The van der Waals surface area contributed by atoms with Crippen molar-refractivity contribution >= 4 is 59.4 Å². The van der Waals surface area contributed by atoms with E-state index in [0.717, 1.165) is 42.9 Å². The fraction of sp³-hybridized carbons (Fsp3) is 0.382. The summed E-state index contributed by atoms with van der Waals surface area (Å²) < 4.78 is 16.6. The molecule has 3 atom stereocenters. The van der Waals surface area contributed by atoms with Gasteiger partial charge < -0.3 is 20.3 Å². The molecular weight excluding hydrogens is 602 g/mol. The molecular formula is C34H41Cl2FN4O3. The van der Waals surface area contributed by atoms with E-state index in [-0.39, 0.29) is 17.7 Å². The first kappa shape index (κ1) is 35.0. The molecule has 0 aromatic heterocycles. The van der Waals surface area contributed by atoms with Crippen LogP contribution >= 0.6 is 23.2 Å². The van der Waals surface area contributed by atoms with Crippen LogP contribution in [-0.2, 0) is 19.9 Å². The van der Waals surface area contributed by atoms with E-state index in [2.05, 4.69) is 40.9 Å². The van der Waals surface area contributed by atoms with Crippen molar-refractivity contribution in [1.82, 2.24) is 4.90 Å². The third-order valence-corrected chi connectivity index (χ3v) is 8.69. The van der Waals surface area contributed by atoms with Gasteiger partial charge in [0.05, 0.1) is 5.54 Å². The van der Waals surface area contributed by atoms with E-state index in [9.17, 15) is 9.59 Å². The van der Waals surface area contributed by atoms with Gasteiger partial charge >= 0.3 is 0 Å². The molecule has 2 amide bonds. The van der Waals surface area contributed by atoms with Gasteiger partial charge in [0.2, 0.25) is 12.3 Å². The van der Waals surface area contributed by atoms with Crippen molar-refractivity contribution in [3.05, 3.63) is 88.7 Å². The number of allylic oxidation sites excluding steroid dienone is 4. The molecule has 7 nitrogen and oxygen atoms in total. The number of nitrogens with one attached hydrogen (secondary N) is 2. The molecule has 1 saturated heterocycles. The van der Waals surface area contributed by atoms with Crippen LogP contribution in [0, 0.1) is 17.8 Å². The fourth-order valence-electron chi connectivity index (χ4n) is 6.25. The topological polar surface area (TPSA) is 81.8 Å². The summed E-state index contributed by atoms with van der Waals surface area (Å²) in [5.41, 5.74) is 2.34. The molecule has 4 rings (SSSR count). The molecule has 2 aromatic rings. The number of nitrogens with zero attached hydrogens (tertiary/aromatic N) is 2. The Morgan fingerprint density at radius 1 is 1.20 bits per heavy atom. The van der Waals surface area contributed by atoms with Crippen molar-refractivity contribution in [1.29, 1.82) is 0 Å². The number of anilines is 3. The SMILES string of the molecule is C=C(Cl)/C=C\C=C(/F)C1[C@H](CN(CC)c2ccc(NC(C)=O)cc2)CN(CC2CC2)[C@]1(C)c1ccc(Cl)cc1NC=O.C=O. The van der Waals surface area contributed by atoms with E-state index in [1.165, 1.54) is 13.0 Å². The quantitative estimate of drug-likeness (QED) is 0.174. The van der Waals surface area contributed by atoms with Crippen LogP contribution in [0.2, 0.25) is 5.02 Å². The lowest BCUT2D eigenvalue weighted by molar-refractivity contribution is -0.114. The van der Waals surface area contributed by atoms with E-state index >= 15 is 4.39 Å². The number of carbonyl (C=O) groups is 3. The smallest absolute Gasteiger partial charge is 0.221 e. The lowest BCUT2D eigenvalue weighted by Crippen LogP contribution is -2.44. The predicted octanol–water partition coefficient (Wildman–Crippen LogP) is 7.54. The molecule has 44 heavy (non-hydrogen) atoms. The number of rotatable bonds is 13. The van der Waals surface area contributed by atoms with Gasteiger partial charge in [0, 0.05) is 72.1 Å². The Morgan fingerprint density at radius 3 is 2.45 bits per heavy atom. The Bertz CT molecular complexity index is 1380. The van der Waals surface area contributed by atoms with E-state index in [4.69, 9.17) is 28.0 Å². The molecule has 2 N–H and O–H groups in total. The predicted molar refractivity (Wildman–Crippen MR) is 179 cm³/mol. The van der Waals surface area contributed by atoms with Gasteiger partial charge in [0.25, 0.3) is 0 Å². The maximum Gasteiger partial charge on any atom is 0.221 e. The first-order chi connectivity index (χ1) is 21.1. The molecule has 1 saturated carbocycles. The lowest BCUT2D eigenvalue weighted by Gasteiger charge is -2.41. The van der Waals surface area contributed by atoms with Crippen LogP contribution in [0.1, 0.15) is 39.2 Å². The fourth-order valence-corrected chi connectivity index (χ4v) is 6.50. The molecule has 1 aliphatic carbocycles. The Balaban J connectivity index is 0.00000259. The highest BCUT2D eigenvalue weighted by atomic mass is 35.5. The highest BCUT2D eigenvalue weighted by molar-refractivity contribution is 6.31. The van der Waals surface area contributed by atoms with Gasteiger partial charge in [0.1, 0.15) is 12.6 Å². The minimum Gasteiger partial charge on any atom is -0.371 e. The van der Waals surface area contributed by atoms with Crippen molar-refractivity contribution in [2.45, 2.75) is 39.2 Å². The van der Waals surface area contributed by atoms with Crippen LogP contribution in [0.25, 0.3) is 0 Å². The second-order valence-electron chi connectivity index (χ2n) is 11.3. The van der Waals surface area contributed by atoms with Crippen molar-refractivity contribution < 1.29 is 18.8 Å². The normalized spacial score (nSPS) is 21.8. The Hall–Kier alpha value is -3.46. The Labute approximate surface area is 269 Å². The minimum atomic E-state index is -0.774. The molecule has 0 bridgehead atoms. The maximum absolute atomic E-state index is 16.6. The summed E-state index contributed by atoms with van der Waals surface area (Å²) in [7, 11) is 0. The molecule has 2 aliphatic rings. The summed E-state index contributed by atoms with van der Waals surface area (Å²) in [5, 5.41) is 6.43. The third kappa shape index (κ3) is 8.58. The van der Waals surface area contributed by atoms with Gasteiger partial charge in [0.15, 0.2) is 0 Å². The number of benzene rings is 2. The first-order valence-electron chi connectivity index (χ1n) is 14.6. The average Bonchev–Trinajstić information content (AvgIpc) is 3.76. The van der Waals surface area contributed by atoms with Crippen molar-refractivity contribution in [2.75, 3.05) is 41.7 Å². The Morgan fingerprint density at radius 2 is 1.89 bits per heavy atom. The van der Waals surface area contributed by atoms with Gasteiger partial charge in [-0.05, 0) is 86.7 Å². The van der Waals surface area contributed by atoms with Crippen LogP contribution < -0.4 is 15.5 Å². The van der Waals surface area contributed by atoms with Crippen LogP contribution in [0.4, 0.5) is 21.5 Å². The van der Waals surface area contributed by atoms with Gasteiger partial charge in [-0.2, -0.15) is 0 Å². The molecule has 236 valence electrons. The summed E-state index contributed by atoms with van der Waals surface area (Å²) in [6, 6.07) is 13.1. The van der Waals surface area contributed by atoms with E-state index in [1.54, 1.807) is 24.3 Å². The summed E-state index contributed by atoms with van der Waals surface area (Å²) in [6.45, 7) is 14.2. The van der Waals surface area contributed by atoms with Crippen molar-refractivity contribution in [2.24, 2.45) is 17.8 Å². The molecule has 0 radical (unpaired) electrons. The second-order valence-corrected chi connectivity index (χ2v) is 12.2. The van der Waals surface area contributed by atoms with Gasteiger partial charge in [-0.1, -0.05) is 41.9 Å². The summed E-state index contributed by atoms with van der Waals surface area (Å²) in [4.78, 5) is 35.7. The molecule has 2 aromatic carbocycles. The largest absolute Gasteiger partial charge is 0.371 e. The zero-order chi connectivity index (χ0) is 32.4. The minimum absolute atomic E-state index is 0.0904. The number of hydrogen-bond donors (Lipinski definition) is 2. The van der Waals surface area contributed by atoms with E-state index in [0.29, 0.717) is 41.2 Å². The van der Waals surface area contributed by atoms with E-state index < -0.39 is 11.5 Å². The standard InChI is InChI=1S/C33H39Cl2FN4O2.CH2O/c1-5-39(28-14-12-27(13-15-28)38-23(3)42)19-25-20-40(18-24-9-10-24)33(4,32(25)30(36)8-6-7-22(2)34)29-16-11-26(35)17-31(29)37-21-41;1-2/h6-8,11-17,21,24-25,32H,2,5,9-10,18-20H2,1,3-4H3,(H,37,41)(H,38,42);1H2/b7-6-,30-8-;/t25-,32?,33-;/m1./s1. The summed E-state index contributed by atoms with van der Waals surface area (Å²) in [6.07, 6.45) is 7.59. The average molecular weight is 644 g/mol. The van der Waals surface area contributed by atoms with Crippen LogP contribution in [0.5, 0.6) is 0 Å². The number of hydrogen-bond acceptors (Lipinski definition) is 5. The van der Waals surface area contributed by atoms with Crippen molar-refractivity contribution in [3.63, 3.8) is 0 Å². The third-order valence-electron chi connectivity index (χ3n) is 8.32. The summed E-state index contributed by atoms with van der Waals surface area (Å²) in [5.74, 6) is -0.454. The van der Waals surface area contributed by atoms with Gasteiger partial charge in [-0.3, -0.25) is 14.5 Å². The summed E-state index contributed by atoms with van der Waals surface area (Å²) >= 11 is 12.3. The number of halogens is 3. The zero-order valence-corrected chi connectivity index (χ0v) is 27.0. The maximum atomic E-state index is 16.6. The molecule has 10 heteroatoms. The van der Waals surface area contributed by atoms with E-state index in [1.807, 2.05) is 37.1 Å². The first-order valence-corrected chi connectivity index (χ1v) is 15.4.